The predicted molar refractivity (Wildman–Crippen MR) is 73.2 cm³/mol. The third kappa shape index (κ3) is 2.60. The summed E-state index contributed by atoms with van der Waals surface area (Å²) in [5, 5.41) is 0.343. The molecule has 5 heteroatoms. The van der Waals surface area contributed by atoms with Crippen LogP contribution in [0, 0.1) is 11.2 Å². The molecule has 0 spiro atoms. The van der Waals surface area contributed by atoms with Gasteiger partial charge in [0.05, 0.1) is 5.41 Å². The molecule has 1 aliphatic carbocycles. The SMILES string of the molecule is CN(Cc1c(F)cccc1Cl)C(=O)C1(CN)CCC1. The normalized spacial score (nSPS) is 16.8. The van der Waals surface area contributed by atoms with Gasteiger partial charge in [0.2, 0.25) is 5.91 Å². The van der Waals surface area contributed by atoms with E-state index in [0.29, 0.717) is 17.1 Å². The summed E-state index contributed by atoms with van der Waals surface area (Å²) in [6.07, 6.45) is 2.66. The van der Waals surface area contributed by atoms with Crippen molar-refractivity contribution in [2.24, 2.45) is 11.1 Å². The van der Waals surface area contributed by atoms with Gasteiger partial charge >= 0.3 is 0 Å². The van der Waals surface area contributed by atoms with Crippen LogP contribution in [0.5, 0.6) is 0 Å². The zero-order valence-corrected chi connectivity index (χ0v) is 11.7. The summed E-state index contributed by atoms with van der Waals surface area (Å²) in [5.41, 5.74) is 5.63. The molecule has 0 bridgehead atoms. The highest BCUT2D eigenvalue weighted by molar-refractivity contribution is 6.31. The molecule has 2 N–H and O–H groups in total. The number of carbonyl (C=O) groups excluding carboxylic acids is 1. The van der Waals surface area contributed by atoms with Crippen LogP contribution in [-0.4, -0.2) is 24.4 Å². The summed E-state index contributed by atoms with van der Waals surface area (Å²) in [7, 11) is 1.67. The lowest BCUT2D eigenvalue weighted by atomic mass is 9.68. The highest BCUT2D eigenvalue weighted by atomic mass is 35.5. The fourth-order valence-electron chi connectivity index (χ4n) is 2.51. The largest absolute Gasteiger partial charge is 0.341 e. The van der Waals surface area contributed by atoms with E-state index in [1.807, 2.05) is 0 Å². The molecule has 104 valence electrons. The van der Waals surface area contributed by atoms with Gasteiger partial charge in [0.1, 0.15) is 5.82 Å². The van der Waals surface area contributed by atoms with E-state index < -0.39 is 5.41 Å². The number of nitrogens with two attached hydrogens (primary N) is 1. The second-order valence-corrected chi connectivity index (χ2v) is 5.61. The maximum Gasteiger partial charge on any atom is 0.230 e. The number of amides is 1. The summed E-state index contributed by atoms with van der Waals surface area (Å²) >= 11 is 5.97. The number of rotatable bonds is 4. The maximum absolute atomic E-state index is 13.7. The Morgan fingerprint density at radius 3 is 2.68 bits per heavy atom. The average Bonchev–Trinajstić information content (AvgIpc) is 2.33. The van der Waals surface area contributed by atoms with E-state index in [4.69, 9.17) is 17.3 Å². The Hall–Kier alpha value is -1.13. The van der Waals surface area contributed by atoms with Crippen molar-refractivity contribution in [3.8, 4) is 0 Å². The fourth-order valence-corrected chi connectivity index (χ4v) is 2.73. The molecule has 19 heavy (non-hydrogen) atoms. The monoisotopic (exact) mass is 284 g/mol. The zero-order chi connectivity index (χ0) is 14.0. The predicted octanol–water partition coefficient (Wildman–Crippen LogP) is 2.57. The van der Waals surface area contributed by atoms with Crippen LogP contribution < -0.4 is 5.73 Å². The maximum atomic E-state index is 13.7. The number of carbonyl (C=O) groups is 1. The van der Waals surface area contributed by atoms with Gasteiger partial charge < -0.3 is 10.6 Å². The lowest BCUT2D eigenvalue weighted by Gasteiger charge is -2.41. The van der Waals surface area contributed by atoms with Crippen molar-refractivity contribution in [2.75, 3.05) is 13.6 Å². The number of halogens is 2. The van der Waals surface area contributed by atoms with E-state index in [0.717, 1.165) is 19.3 Å². The molecule has 0 aliphatic heterocycles. The minimum atomic E-state index is -0.438. The first-order valence-corrected chi connectivity index (χ1v) is 6.76. The summed E-state index contributed by atoms with van der Waals surface area (Å²) in [6, 6.07) is 4.53. The third-order valence-corrected chi connectivity index (χ3v) is 4.31. The highest BCUT2D eigenvalue weighted by Gasteiger charge is 2.44. The summed E-state index contributed by atoms with van der Waals surface area (Å²) in [6.45, 7) is 0.521. The Morgan fingerprint density at radius 1 is 1.53 bits per heavy atom. The number of hydrogen-bond acceptors (Lipinski definition) is 2. The third-order valence-electron chi connectivity index (χ3n) is 3.96. The molecule has 1 aliphatic rings. The molecule has 0 atom stereocenters. The van der Waals surface area contributed by atoms with E-state index in [1.54, 1.807) is 19.2 Å². The Balaban J connectivity index is 2.13. The molecule has 0 heterocycles. The lowest BCUT2D eigenvalue weighted by Crippen LogP contribution is -2.50. The molecule has 2 rings (SSSR count). The molecule has 3 nitrogen and oxygen atoms in total. The van der Waals surface area contributed by atoms with Crippen LogP contribution in [0.3, 0.4) is 0 Å². The highest BCUT2D eigenvalue weighted by Crippen LogP contribution is 2.41. The first kappa shape index (κ1) is 14.3. The summed E-state index contributed by atoms with van der Waals surface area (Å²) in [4.78, 5) is 13.9. The van der Waals surface area contributed by atoms with Gasteiger partial charge in [-0.2, -0.15) is 0 Å². The van der Waals surface area contributed by atoms with Gasteiger partial charge in [-0.15, -0.1) is 0 Å². The van der Waals surface area contributed by atoms with Crippen LogP contribution in [0.15, 0.2) is 18.2 Å². The van der Waals surface area contributed by atoms with Crippen molar-refractivity contribution in [2.45, 2.75) is 25.8 Å². The van der Waals surface area contributed by atoms with Crippen molar-refractivity contribution >= 4 is 17.5 Å². The van der Waals surface area contributed by atoms with Crippen molar-refractivity contribution in [3.05, 3.63) is 34.6 Å². The van der Waals surface area contributed by atoms with Crippen LogP contribution >= 0.6 is 11.6 Å². The molecule has 1 saturated carbocycles. The Morgan fingerprint density at radius 2 is 2.21 bits per heavy atom. The smallest absolute Gasteiger partial charge is 0.230 e. The van der Waals surface area contributed by atoms with Gasteiger partial charge in [-0.1, -0.05) is 24.1 Å². The summed E-state index contributed by atoms with van der Waals surface area (Å²) < 4.78 is 13.7. The van der Waals surface area contributed by atoms with Crippen LogP contribution in [0.2, 0.25) is 5.02 Å². The van der Waals surface area contributed by atoms with Crippen LogP contribution in [-0.2, 0) is 11.3 Å². The van der Waals surface area contributed by atoms with Gasteiger partial charge in [0.15, 0.2) is 0 Å². The average molecular weight is 285 g/mol. The Kier molecular flexibility index (Phi) is 4.11. The molecule has 1 amide bonds. The van der Waals surface area contributed by atoms with Crippen molar-refractivity contribution < 1.29 is 9.18 Å². The fraction of sp³-hybridized carbons (Fsp3) is 0.500. The topological polar surface area (TPSA) is 46.3 Å². The van der Waals surface area contributed by atoms with Crippen molar-refractivity contribution in [3.63, 3.8) is 0 Å². The molecule has 1 aromatic rings. The molecular formula is C14H18ClFN2O. The number of benzene rings is 1. The van der Waals surface area contributed by atoms with Gasteiger partial charge in [-0.25, -0.2) is 4.39 Å². The minimum absolute atomic E-state index is 0.0134. The first-order valence-electron chi connectivity index (χ1n) is 6.39. The van der Waals surface area contributed by atoms with Crippen LogP contribution in [0.1, 0.15) is 24.8 Å². The van der Waals surface area contributed by atoms with E-state index >= 15 is 0 Å². The number of hydrogen-bond donors (Lipinski definition) is 1. The van der Waals surface area contributed by atoms with E-state index in [1.165, 1.54) is 11.0 Å². The van der Waals surface area contributed by atoms with E-state index in [2.05, 4.69) is 0 Å². The molecule has 0 unspecified atom stereocenters. The Labute approximate surface area is 117 Å². The van der Waals surface area contributed by atoms with E-state index in [9.17, 15) is 9.18 Å². The molecule has 1 fully saturated rings. The van der Waals surface area contributed by atoms with E-state index in [-0.39, 0.29) is 18.3 Å². The number of nitrogens with zero attached hydrogens (tertiary/aromatic N) is 1. The van der Waals surface area contributed by atoms with Crippen LogP contribution in [0.4, 0.5) is 4.39 Å². The molecule has 0 saturated heterocycles. The summed E-state index contributed by atoms with van der Waals surface area (Å²) in [5.74, 6) is -0.400. The molecule has 0 radical (unpaired) electrons. The van der Waals surface area contributed by atoms with Crippen molar-refractivity contribution in [1.29, 1.82) is 0 Å². The second kappa shape index (κ2) is 5.47. The van der Waals surface area contributed by atoms with Gasteiger partial charge in [0.25, 0.3) is 0 Å². The Bertz CT molecular complexity index is 463. The van der Waals surface area contributed by atoms with Crippen molar-refractivity contribution in [1.82, 2.24) is 4.90 Å². The van der Waals surface area contributed by atoms with Crippen LogP contribution in [0.25, 0.3) is 0 Å². The molecule has 1 aromatic carbocycles. The standard InChI is InChI=1S/C14H18ClFN2O/c1-18(13(19)14(9-17)6-3-7-14)8-10-11(15)4-2-5-12(10)16/h2,4-5H,3,6-9,17H2,1H3. The quantitative estimate of drug-likeness (QED) is 0.924. The second-order valence-electron chi connectivity index (χ2n) is 5.20. The first-order chi connectivity index (χ1) is 9.00. The zero-order valence-electron chi connectivity index (χ0n) is 11.0. The molecular weight excluding hydrogens is 267 g/mol. The minimum Gasteiger partial charge on any atom is -0.341 e. The van der Waals surface area contributed by atoms with Gasteiger partial charge in [-0.3, -0.25) is 4.79 Å². The lowest BCUT2D eigenvalue weighted by molar-refractivity contribution is -0.145. The molecule has 0 aromatic heterocycles. The van der Waals surface area contributed by atoms with Gasteiger partial charge in [0, 0.05) is 30.7 Å². The van der Waals surface area contributed by atoms with Gasteiger partial charge in [-0.05, 0) is 25.0 Å².